The third-order valence-corrected chi connectivity index (χ3v) is 3.63. The molecule has 0 amide bonds. The van der Waals surface area contributed by atoms with Gasteiger partial charge in [0.15, 0.2) is 0 Å². The highest BCUT2D eigenvalue weighted by atomic mass is 14.9. The number of hydrogen-bond donors (Lipinski definition) is 2. The van der Waals surface area contributed by atoms with Gasteiger partial charge < -0.3 is 10.6 Å². The lowest BCUT2D eigenvalue weighted by Gasteiger charge is -2.27. The second kappa shape index (κ2) is 5.01. The molecule has 0 aliphatic carbocycles. The van der Waals surface area contributed by atoms with E-state index in [-0.39, 0.29) is 10.8 Å². The highest BCUT2D eigenvalue weighted by molar-refractivity contribution is 5.46. The van der Waals surface area contributed by atoms with Crippen LogP contribution in [0.5, 0.6) is 0 Å². The van der Waals surface area contributed by atoms with Gasteiger partial charge in [-0.3, -0.25) is 0 Å². The van der Waals surface area contributed by atoms with E-state index in [0.717, 1.165) is 11.4 Å². The van der Waals surface area contributed by atoms with Gasteiger partial charge in [-0.1, -0.05) is 41.5 Å². The molecule has 0 aromatic carbocycles. The van der Waals surface area contributed by atoms with Crippen LogP contribution in [0.2, 0.25) is 0 Å². The van der Waals surface area contributed by atoms with Crippen LogP contribution in [0, 0.1) is 10.8 Å². The summed E-state index contributed by atoms with van der Waals surface area (Å²) in [5.41, 5.74) is 5.24. The van der Waals surface area contributed by atoms with Gasteiger partial charge in [-0.2, -0.15) is 0 Å². The first kappa shape index (κ1) is 14.7. The molecule has 2 aliphatic rings. The summed E-state index contributed by atoms with van der Waals surface area (Å²) in [7, 11) is 0. The summed E-state index contributed by atoms with van der Waals surface area (Å²) < 4.78 is 0. The van der Waals surface area contributed by atoms with Gasteiger partial charge in [0.2, 0.25) is 0 Å². The topological polar surface area (TPSA) is 24.1 Å². The highest BCUT2D eigenvalue weighted by Crippen LogP contribution is 2.31. The van der Waals surface area contributed by atoms with E-state index in [1.165, 1.54) is 11.1 Å². The molecule has 20 heavy (non-hydrogen) atoms. The number of hydrogen-bond acceptors (Lipinski definition) is 2. The molecule has 108 valence electrons. The van der Waals surface area contributed by atoms with E-state index in [2.05, 4.69) is 76.5 Å². The van der Waals surface area contributed by atoms with Crippen molar-refractivity contribution in [2.45, 2.75) is 41.5 Å². The third-order valence-electron chi connectivity index (χ3n) is 3.63. The zero-order valence-electron chi connectivity index (χ0n) is 13.5. The van der Waals surface area contributed by atoms with Gasteiger partial charge in [-0.25, -0.2) is 0 Å². The zero-order valence-corrected chi connectivity index (χ0v) is 13.5. The molecular weight excluding hydrogens is 244 g/mol. The maximum absolute atomic E-state index is 3.34. The fraction of sp³-hybridized carbons (Fsp3) is 0.444. The molecular formula is C18H26N2. The largest absolute Gasteiger partial charge is 0.360 e. The van der Waals surface area contributed by atoms with Crippen molar-refractivity contribution in [3.05, 3.63) is 59.2 Å². The molecule has 2 aliphatic heterocycles. The Morgan fingerprint density at radius 3 is 1.30 bits per heavy atom. The van der Waals surface area contributed by atoms with Crippen molar-refractivity contribution < 1.29 is 0 Å². The fourth-order valence-electron chi connectivity index (χ4n) is 2.18. The predicted octanol–water partition coefficient (Wildman–Crippen LogP) is 4.38. The molecule has 0 aromatic heterocycles. The summed E-state index contributed by atoms with van der Waals surface area (Å²) in [4.78, 5) is 0. The number of dihydropyridines is 2. The van der Waals surface area contributed by atoms with Crippen LogP contribution in [0.25, 0.3) is 0 Å². The Balaban J connectivity index is 2.40. The van der Waals surface area contributed by atoms with Crippen LogP contribution >= 0.6 is 0 Å². The van der Waals surface area contributed by atoms with E-state index in [1.807, 2.05) is 12.4 Å². The summed E-state index contributed by atoms with van der Waals surface area (Å²) in [5, 5.41) is 6.69. The first-order chi connectivity index (χ1) is 9.18. The van der Waals surface area contributed by atoms with E-state index in [1.54, 1.807) is 0 Å². The summed E-state index contributed by atoms with van der Waals surface area (Å²) in [6.07, 6.45) is 12.8. The summed E-state index contributed by atoms with van der Waals surface area (Å²) in [6, 6.07) is 0. The van der Waals surface area contributed by atoms with Gasteiger partial charge in [-0.05, 0) is 46.3 Å². The fourth-order valence-corrected chi connectivity index (χ4v) is 2.18. The lowest BCUT2D eigenvalue weighted by Crippen LogP contribution is -2.22. The second-order valence-electron chi connectivity index (χ2n) is 7.48. The first-order valence-corrected chi connectivity index (χ1v) is 7.23. The van der Waals surface area contributed by atoms with Crippen molar-refractivity contribution in [1.29, 1.82) is 0 Å². The van der Waals surface area contributed by atoms with Gasteiger partial charge in [0.25, 0.3) is 0 Å². The van der Waals surface area contributed by atoms with Crippen LogP contribution in [-0.4, -0.2) is 0 Å². The molecule has 0 fully saturated rings. The Hall–Kier alpha value is -1.70. The van der Waals surface area contributed by atoms with Crippen molar-refractivity contribution in [3.63, 3.8) is 0 Å². The van der Waals surface area contributed by atoms with Gasteiger partial charge in [0.05, 0.1) is 11.4 Å². The maximum Gasteiger partial charge on any atom is 0.0621 e. The van der Waals surface area contributed by atoms with Crippen LogP contribution in [-0.2, 0) is 0 Å². The number of allylic oxidation sites excluding steroid dienone is 6. The molecule has 2 heteroatoms. The Bertz CT molecular complexity index is 491. The summed E-state index contributed by atoms with van der Waals surface area (Å²) in [6.45, 7) is 13.4. The summed E-state index contributed by atoms with van der Waals surface area (Å²) >= 11 is 0. The Morgan fingerprint density at radius 2 is 1.00 bits per heavy atom. The molecule has 0 aromatic rings. The normalized spacial score (nSPS) is 22.9. The van der Waals surface area contributed by atoms with Crippen LogP contribution in [0.4, 0.5) is 0 Å². The van der Waals surface area contributed by atoms with E-state index in [0.29, 0.717) is 0 Å². The van der Waals surface area contributed by atoms with Crippen LogP contribution in [0.1, 0.15) is 41.5 Å². The molecule has 0 saturated heterocycles. The third kappa shape index (κ3) is 3.24. The van der Waals surface area contributed by atoms with Crippen molar-refractivity contribution in [3.8, 4) is 0 Å². The first-order valence-electron chi connectivity index (χ1n) is 7.23. The van der Waals surface area contributed by atoms with Crippen molar-refractivity contribution in [1.82, 2.24) is 10.6 Å². The molecule has 0 radical (unpaired) electrons. The quantitative estimate of drug-likeness (QED) is 0.682. The second-order valence-corrected chi connectivity index (χ2v) is 7.48. The lowest BCUT2D eigenvalue weighted by atomic mass is 9.83. The molecule has 2 nitrogen and oxygen atoms in total. The Kier molecular flexibility index (Phi) is 3.68. The van der Waals surface area contributed by atoms with E-state index in [4.69, 9.17) is 0 Å². The minimum Gasteiger partial charge on any atom is -0.360 e. The van der Waals surface area contributed by atoms with E-state index in [9.17, 15) is 0 Å². The molecule has 2 N–H and O–H groups in total. The van der Waals surface area contributed by atoms with Crippen molar-refractivity contribution >= 4 is 0 Å². The molecule has 0 unspecified atom stereocenters. The Morgan fingerprint density at radius 1 is 0.650 bits per heavy atom. The highest BCUT2D eigenvalue weighted by Gasteiger charge is 2.20. The average molecular weight is 270 g/mol. The standard InChI is InChI=1S/C18H26N2/c1-17(2,3)13-7-9-19-15(11-13)16-12-14(8-10-20-16)18(4,5)6/h7-12,19-20H,1-6H3/b16-15-. The molecule has 2 heterocycles. The van der Waals surface area contributed by atoms with E-state index < -0.39 is 0 Å². The molecule has 0 bridgehead atoms. The monoisotopic (exact) mass is 270 g/mol. The zero-order chi connectivity index (χ0) is 15.0. The maximum atomic E-state index is 3.34. The Labute approximate surface area is 123 Å². The average Bonchev–Trinajstić information content (AvgIpc) is 2.37. The number of nitrogens with one attached hydrogen (secondary N) is 2. The van der Waals surface area contributed by atoms with Gasteiger partial charge in [0.1, 0.15) is 0 Å². The van der Waals surface area contributed by atoms with Gasteiger partial charge in [0, 0.05) is 12.4 Å². The smallest absolute Gasteiger partial charge is 0.0621 e. The van der Waals surface area contributed by atoms with Crippen LogP contribution in [0.3, 0.4) is 0 Å². The van der Waals surface area contributed by atoms with Crippen molar-refractivity contribution in [2.75, 3.05) is 0 Å². The molecule has 0 spiro atoms. The predicted molar refractivity (Wildman–Crippen MR) is 86.7 cm³/mol. The minimum atomic E-state index is 0.158. The SMILES string of the molecule is CC(C)(C)C1=C/C(=C2\C=C(C(C)(C)C)C=CN2)NC=C1. The number of rotatable bonds is 0. The van der Waals surface area contributed by atoms with Gasteiger partial charge >= 0.3 is 0 Å². The van der Waals surface area contributed by atoms with E-state index >= 15 is 0 Å². The van der Waals surface area contributed by atoms with Crippen LogP contribution in [0.15, 0.2) is 59.2 Å². The lowest BCUT2D eigenvalue weighted by molar-refractivity contribution is 0.512. The minimum absolute atomic E-state index is 0.158. The van der Waals surface area contributed by atoms with Gasteiger partial charge in [-0.15, -0.1) is 0 Å². The van der Waals surface area contributed by atoms with Crippen LogP contribution < -0.4 is 10.6 Å². The summed E-state index contributed by atoms with van der Waals surface area (Å²) in [5.74, 6) is 0. The van der Waals surface area contributed by atoms with Crippen molar-refractivity contribution in [2.24, 2.45) is 10.8 Å². The molecule has 0 atom stereocenters. The molecule has 2 rings (SSSR count). The molecule has 0 saturated carbocycles.